The molecule has 0 aliphatic rings. The fourth-order valence-corrected chi connectivity index (χ4v) is 0.760. The highest BCUT2D eigenvalue weighted by Gasteiger charge is 2.34. The fraction of sp³-hybridized carbons (Fsp3) is 0.800. The van der Waals surface area contributed by atoms with E-state index < -0.39 is 11.6 Å². The lowest BCUT2D eigenvalue weighted by atomic mass is 9.82. The van der Waals surface area contributed by atoms with E-state index in [0.717, 1.165) is 0 Å². The number of carboxylic acid groups (broad SMARTS) is 1. The molecule has 0 aromatic heterocycles. The summed E-state index contributed by atoms with van der Waals surface area (Å²) >= 11 is 0. The fourth-order valence-electron chi connectivity index (χ4n) is 0.760. The third-order valence-electron chi connectivity index (χ3n) is 2.52. The molecule has 0 aliphatic heterocycles. The Labute approximate surface area is 90.0 Å². The van der Waals surface area contributed by atoms with Crippen molar-refractivity contribution in [2.75, 3.05) is 0 Å². The predicted octanol–water partition coefficient (Wildman–Crippen LogP) is 0.688. The Kier molecular flexibility index (Phi) is 4.27. The zero-order chi connectivity index (χ0) is 12.3. The molecule has 0 bridgehead atoms. The summed E-state index contributed by atoms with van der Waals surface area (Å²) in [6, 6.07) is 0. The lowest BCUT2D eigenvalue weighted by Gasteiger charge is -2.39. The summed E-state index contributed by atoms with van der Waals surface area (Å²) in [5.41, 5.74) is 4.79. The molecule has 1 unspecified atom stereocenters. The topological polar surface area (TPSA) is 92.4 Å². The van der Waals surface area contributed by atoms with Gasteiger partial charge < -0.3 is 16.2 Å². The van der Waals surface area contributed by atoms with E-state index in [4.69, 9.17) is 10.8 Å². The van der Waals surface area contributed by atoms with Gasteiger partial charge in [0.25, 0.3) is 0 Å². The Bertz CT molecular complexity index is 254. The number of aliphatic carboxylic acids is 1. The molecule has 5 nitrogen and oxygen atoms in total. The first-order valence-electron chi connectivity index (χ1n) is 4.88. The Morgan fingerprint density at radius 2 is 1.67 bits per heavy atom. The van der Waals surface area contributed by atoms with Crippen LogP contribution < -0.4 is 11.1 Å². The number of hydrogen-bond donors (Lipinski definition) is 3. The molecule has 0 saturated heterocycles. The maximum absolute atomic E-state index is 11.4. The predicted molar refractivity (Wildman–Crippen MR) is 57.1 cm³/mol. The van der Waals surface area contributed by atoms with Gasteiger partial charge in [-0.2, -0.15) is 0 Å². The van der Waals surface area contributed by atoms with Crippen LogP contribution in [0.2, 0.25) is 0 Å². The van der Waals surface area contributed by atoms with Gasteiger partial charge in [-0.05, 0) is 12.3 Å². The van der Waals surface area contributed by atoms with Crippen LogP contribution in [0.4, 0.5) is 0 Å². The molecule has 0 aromatic carbocycles. The second-order valence-electron chi connectivity index (χ2n) is 4.89. The monoisotopic (exact) mass is 216 g/mol. The maximum atomic E-state index is 11.4. The minimum Gasteiger partial charge on any atom is -0.481 e. The molecule has 1 atom stereocenters. The summed E-state index contributed by atoms with van der Waals surface area (Å²) in [6.45, 7) is 7.44. The lowest BCUT2D eigenvalue weighted by molar-refractivity contribution is -0.139. The van der Waals surface area contributed by atoms with E-state index in [1.807, 2.05) is 20.8 Å². The van der Waals surface area contributed by atoms with Crippen molar-refractivity contribution in [3.8, 4) is 0 Å². The molecule has 0 spiro atoms. The maximum Gasteiger partial charge on any atom is 0.303 e. The summed E-state index contributed by atoms with van der Waals surface area (Å²) in [6.07, 6.45) is -0.218. The highest BCUT2D eigenvalue weighted by molar-refractivity contribution is 5.81. The van der Waals surface area contributed by atoms with Crippen LogP contribution in [0.5, 0.6) is 0 Å². The van der Waals surface area contributed by atoms with E-state index in [1.54, 1.807) is 6.92 Å². The number of nitrogens with one attached hydrogen (secondary N) is 1. The van der Waals surface area contributed by atoms with Gasteiger partial charge in [-0.15, -0.1) is 0 Å². The van der Waals surface area contributed by atoms with Crippen molar-refractivity contribution < 1.29 is 14.7 Å². The van der Waals surface area contributed by atoms with Crippen LogP contribution in [-0.4, -0.2) is 22.6 Å². The summed E-state index contributed by atoms with van der Waals surface area (Å²) in [5, 5.41) is 11.0. The summed E-state index contributed by atoms with van der Waals surface area (Å²) in [5.74, 6) is -1.32. The van der Waals surface area contributed by atoms with Gasteiger partial charge in [0.15, 0.2) is 0 Å². The molecule has 0 aliphatic carbocycles. The summed E-state index contributed by atoms with van der Waals surface area (Å²) in [7, 11) is 0. The summed E-state index contributed by atoms with van der Waals surface area (Å²) in [4.78, 5) is 21.6. The van der Waals surface area contributed by atoms with Gasteiger partial charge >= 0.3 is 5.97 Å². The minimum atomic E-state index is -0.986. The van der Waals surface area contributed by atoms with Gasteiger partial charge in [0, 0.05) is 6.42 Å². The smallest absolute Gasteiger partial charge is 0.303 e. The van der Waals surface area contributed by atoms with Crippen molar-refractivity contribution in [1.82, 2.24) is 5.32 Å². The third kappa shape index (κ3) is 4.78. The zero-order valence-corrected chi connectivity index (χ0v) is 9.76. The number of carboxylic acids is 1. The van der Waals surface area contributed by atoms with Crippen LogP contribution in [0.25, 0.3) is 0 Å². The normalized spacial score (nSPS) is 15.5. The number of carbonyl (C=O) groups is 2. The summed E-state index contributed by atoms with van der Waals surface area (Å²) < 4.78 is 0. The first-order chi connectivity index (χ1) is 6.56. The highest BCUT2D eigenvalue weighted by atomic mass is 16.4. The Hall–Kier alpha value is -1.10. The second kappa shape index (κ2) is 4.61. The van der Waals surface area contributed by atoms with Gasteiger partial charge in [0.05, 0.1) is 12.1 Å². The molecule has 0 fully saturated rings. The van der Waals surface area contributed by atoms with Crippen molar-refractivity contribution in [3.63, 3.8) is 0 Å². The molecule has 0 aromatic rings. The molecule has 88 valence electrons. The van der Waals surface area contributed by atoms with Gasteiger partial charge in [0.1, 0.15) is 0 Å². The van der Waals surface area contributed by atoms with Crippen LogP contribution in [0.15, 0.2) is 0 Å². The number of carbonyl (C=O) groups excluding carboxylic acids is 1. The van der Waals surface area contributed by atoms with Gasteiger partial charge in [0.2, 0.25) is 5.91 Å². The standard InChI is InChI=1S/C10H20N2O3/c1-9(2,3)10(4,11)12-7(13)5-6-8(14)15/h5-6,11H2,1-4H3,(H,12,13)(H,14,15). The molecule has 1 amide bonds. The van der Waals surface area contributed by atoms with Crippen LogP contribution in [0.3, 0.4) is 0 Å². The van der Waals surface area contributed by atoms with Crippen molar-refractivity contribution in [2.24, 2.45) is 11.1 Å². The van der Waals surface area contributed by atoms with Gasteiger partial charge in [-0.1, -0.05) is 20.8 Å². The molecule has 0 heterocycles. The largest absolute Gasteiger partial charge is 0.481 e. The number of amides is 1. The van der Waals surface area contributed by atoms with Crippen molar-refractivity contribution in [3.05, 3.63) is 0 Å². The minimum absolute atomic E-state index is 0.0434. The first kappa shape index (κ1) is 13.9. The van der Waals surface area contributed by atoms with Crippen LogP contribution in [0, 0.1) is 5.41 Å². The first-order valence-corrected chi connectivity index (χ1v) is 4.88. The molecule has 0 radical (unpaired) electrons. The molecule has 5 heteroatoms. The SMILES string of the molecule is CC(C)(C)C(C)(N)NC(=O)CCC(=O)O. The van der Waals surface area contributed by atoms with Gasteiger partial charge in [-0.3, -0.25) is 9.59 Å². The Morgan fingerprint density at radius 1 is 1.20 bits per heavy atom. The Balaban J connectivity index is 4.23. The van der Waals surface area contributed by atoms with Crippen LogP contribution >= 0.6 is 0 Å². The number of nitrogens with two attached hydrogens (primary N) is 1. The van der Waals surface area contributed by atoms with E-state index in [-0.39, 0.29) is 24.2 Å². The lowest BCUT2D eigenvalue weighted by Crippen LogP contribution is -2.61. The second-order valence-corrected chi connectivity index (χ2v) is 4.89. The van der Waals surface area contributed by atoms with Gasteiger partial charge in [-0.25, -0.2) is 0 Å². The van der Waals surface area contributed by atoms with E-state index in [9.17, 15) is 9.59 Å². The van der Waals surface area contributed by atoms with Crippen molar-refractivity contribution >= 4 is 11.9 Å². The zero-order valence-electron chi connectivity index (χ0n) is 9.76. The third-order valence-corrected chi connectivity index (χ3v) is 2.52. The van der Waals surface area contributed by atoms with E-state index >= 15 is 0 Å². The highest BCUT2D eigenvalue weighted by Crippen LogP contribution is 2.25. The van der Waals surface area contributed by atoms with Crippen molar-refractivity contribution in [2.45, 2.75) is 46.2 Å². The average molecular weight is 216 g/mol. The van der Waals surface area contributed by atoms with Crippen LogP contribution in [0.1, 0.15) is 40.5 Å². The number of rotatable bonds is 4. The molecular formula is C10H20N2O3. The quantitative estimate of drug-likeness (QED) is 0.603. The molecular weight excluding hydrogens is 196 g/mol. The Morgan fingerprint density at radius 3 is 2.00 bits per heavy atom. The molecule has 15 heavy (non-hydrogen) atoms. The van der Waals surface area contributed by atoms with E-state index in [0.29, 0.717) is 0 Å². The van der Waals surface area contributed by atoms with Crippen molar-refractivity contribution in [1.29, 1.82) is 0 Å². The van der Waals surface area contributed by atoms with E-state index in [1.165, 1.54) is 0 Å². The van der Waals surface area contributed by atoms with E-state index in [2.05, 4.69) is 5.32 Å². The number of hydrogen-bond acceptors (Lipinski definition) is 3. The molecule has 0 saturated carbocycles. The average Bonchev–Trinajstić information content (AvgIpc) is 1.97. The molecule has 0 rings (SSSR count). The molecule has 4 N–H and O–H groups in total. The van der Waals surface area contributed by atoms with Crippen LogP contribution in [-0.2, 0) is 9.59 Å².